The molecule has 0 bridgehead atoms. The molecule has 0 saturated carbocycles. The molecule has 110 valence electrons. The fraction of sp³-hybridized carbons (Fsp3) is 0. The van der Waals surface area contributed by atoms with E-state index in [0.717, 1.165) is 4.47 Å². The van der Waals surface area contributed by atoms with Crippen LogP contribution in [-0.2, 0) is 0 Å². The summed E-state index contributed by atoms with van der Waals surface area (Å²) in [6, 6.07) is 13.2. The number of halogens is 2. The fourth-order valence-corrected chi connectivity index (χ4v) is 2.30. The van der Waals surface area contributed by atoms with Crippen molar-refractivity contribution in [2.75, 3.05) is 0 Å². The van der Waals surface area contributed by atoms with Crippen molar-refractivity contribution in [1.29, 1.82) is 0 Å². The first-order chi connectivity index (χ1) is 10.6. The van der Waals surface area contributed by atoms with Crippen LogP contribution in [0.25, 0.3) is 11.5 Å². The largest absolute Gasteiger partial charge is 0.479 e. The summed E-state index contributed by atoms with van der Waals surface area (Å²) in [5.74, 6) is -0.454. The minimum Gasteiger partial charge on any atom is -0.479 e. The summed E-state index contributed by atoms with van der Waals surface area (Å²) in [5, 5.41) is 9.81. The fourth-order valence-electron chi connectivity index (χ4n) is 1.85. The predicted octanol–water partition coefficient (Wildman–Crippen LogP) is 4.70. The molecule has 22 heavy (non-hydrogen) atoms. The van der Waals surface area contributed by atoms with Gasteiger partial charge in [0.05, 0.1) is 17.5 Å². The highest BCUT2D eigenvalue weighted by Crippen LogP contribution is 2.31. The van der Waals surface area contributed by atoms with E-state index in [1.54, 1.807) is 12.1 Å². The van der Waals surface area contributed by atoms with Gasteiger partial charge in [0.15, 0.2) is 5.69 Å². The van der Waals surface area contributed by atoms with E-state index in [1.807, 2.05) is 24.3 Å². The lowest BCUT2D eigenvalue weighted by Gasteiger charge is -1.97. The minimum atomic E-state index is -0.382. The first-order valence-corrected chi connectivity index (χ1v) is 7.17. The van der Waals surface area contributed by atoms with Gasteiger partial charge in [-0.3, -0.25) is 4.99 Å². The summed E-state index contributed by atoms with van der Waals surface area (Å²) >= 11 is 3.39. The van der Waals surface area contributed by atoms with Gasteiger partial charge in [0.1, 0.15) is 5.82 Å². The van der Waals surface area contributed by atoms with E-state index in [1.165, 1.54) is 18.3 Å². The molecule has 0 aliphatic carbocycles. The van der Waals surface area contributed by atoms with E-state index in [2.05, 4.69) is 25.9 Å². The van der Waals surface area contributed by atoms with Crippen LogP contribution in [-0.4, -0.2) is 16.3 Å². The third kappa shape index (κ3) is 3.07. The highest BCUT2D eigenvalue weighted by Gasteiger charge is 2.14. The number of nitrogens with zero attached hydrogens (tertiary/aromatic N) is 2. The van der Waals surface area contributed by atoms with Crippen LogP contribution in [0.15, 0.2) is 62.4 Å². The third-order valence-electron chi connectivity index (χ3n) is 2.88. The van der Waals surface area contributed by atoms with Gasteiger partial charge in [-0.1, -0.05) is 18.2 Å². The quantitative estimate of drug-likeness (QED) is 0.688. The number of aliphatic imine (C=N–C) groups is 1. The van der Waals surface area contributed by atoms with Crippen molar-refractivity contribution in [3.8, 4) is 17.4 Å². The van der Waals surface area contributed by atoms with Crippen molar-refractivity contribution in [2.24, 2.45) is 4.99 Å². The normalized spacial score (nSPS) is 11.2. The molecule has 0 amide bonds. The molecule has 0 radical (unpaired) electrons. The summed E-state index contributed by atoms with van der Waals surface area (Å²) in [5.41, 5.74) is 1.31. The molecule has 0 aliphatic heterocycles. The molecule has 3 aromatic rings. The maximum Gasteiger partial charge on any atom is 0.312 e. The second-order valence-corrected chi connectivity index (χ2v) is 5.28. The van der Waals surface area contributed by atoms with Crippen molar-refractivity contribution >= 4 is 27.8 Å². The Morgan fingerprint density at radius 1 is 1.18 bits per heavy atom. The summed E-state index contributed by atoms with van der Waals surface area (Å²) in [6.07, 6.45) is 1.33. The predicted molar refractivity (Wildman–Crippen MR) is 85.0 cm³/mol. The molecule has 6 heteroatoms. The van der Waals surface area contributed by atoms with E-state index in [4.69, 9.17) is 4.42 Å². The summed E-state index contributed by atoms with van der Waals surface area (Å²) in [4.78, 5) is 8.26. The third-order valence-corrected chi connectivity index (χ3v) is 3.57. The monoisotopic (exact) mass is 360 g/mol. The zero-order valence-corrected chi connectivity index (χ0v) is 12.8. The summed E-state index contributed by atoms with van der Waals surface area (Å²) < 4.78 is 19.1. The van der Waals surface area contributed by atoms with Gasteiger partial charge in [-0.05, 0) is 46.3 Å². The van der Waals surface area contributed by atoms with E-state index in [9.17, 15) is 9.50 Å². The standard InChI is InChI=1S/C16H10BrFN2O2/c17-13-7-2-1-6-12(13)15-20-14(16(21)22-15)9-19-11-5-3-4-10(18)8-11/h1-9,21H. The summed E-state index contributed by atoms with van der Waals surface area (Å²) in [6.45, 7) is 0. The van der Waals surface area contributed by atoms with Crippen LogP contribution in [0.4, 0.5) is 10.1 Å². The Labute approximate surface area is 134 Å². The first-order valence-electron chi connectivity index (χ1n) is 6.38. The van der Waals surface area contributed by atoms with Crippen molar-refractivity contribution in [3.05, 3.63) is 64.5 Å². The Morgan fingerprint density at radius 3 is 2.77 bits per heavy atom. The molecule has 0 unspecified atom stereocenters. The zero-order valence-electron chi connectivity index (χ0n) is 11.2. The Morgan fingerprint density at radius 2 is 2.00 bits per heavy atom. The van der Waals surface area contributed by atoms with E-state index >= 15 is 0 Å². The lowest BCUT2D eigenvalue weighted by atomic mass is 10.2. The van der Waals surface area contributed by atoms with Crippen molar-refractivity contribution < 1.29 is 13.9 Å². The Hall–Kier alpha value is -2.47. The topological polar surface area (TPSA) is 58.6 Å². The first kappa shape index (κ1) is 14.5. The molecule has 3 rings (SSSR count). The van der Waals surface area contributed by atoms with E-state index in [0.29, 0.717) is 11.3 Å². The van der Waals surface area contributed by atoms with Gasteiger partial charge in [-0.25, -0.2) is 9.37 Å². The van der Waals surface area contributed by atoms with Crippen molar-refractivity contribution in [2.45, 2.75) is 0 Å². The number of aromatic nitrogens is 1. The molecule has 2 aromatic carbocycles. The number of aromatic hydroxyl groups is 1. The number of oxazole rings is 1. The molecule has 0 saturated heterocycles. The van der Waals surface area contributed by atoms with Crippen LogP contribution in [0.1, 0.15) is 5.69 Å². The molecule has 0 aliphatic rings. The molecular formula is C16H10BrFN2O2. The average Bonchev–Trinajstić information content (AvgIpc) is 2.87. The van der Waals surface area contributed by atoms with E-state index in [-0.39, 0.29) is 23.3 Å². The Balaban J connectivity index is 1.92. The van der Waals surface area contributed by atoms with Crippen LogP contribution in [0.3, 0.4) is 0 Å². The van der Waals surface area contributed by atoms with Gasteiger partial charge < -0.3 is 9.52 Å². The summed E-state index contributed by atoms with van der Waals surface area (Å²) in [7, 11) is 0. The van der Waals surface area contributed by atoms with Crippen LogP contribution >= 0.6 is 15.9 Å². The minimum absolute atomic E-state index is 0.176. The van der Waals surface area contributed by atoms with Gasteiger partial charge >= 0.3 is 5.95 Å². The van der Waals surface area contributed by atoms with Crippen molar-refractivity contribution in [1.82, 2.24) is 4.98 Å². The Kier molecular flexibility index (Phi) is 4.02. The maximum atomic E-state index is 13.1. The van der Waals surface area contributed by atoms with Gasteiger partial charge in [0.2, 0.25) is 5.89 Å². The second-order valence-electron chi connectivity index (χ2n) is 4.43. The average molecular weight is 361 g/mol. The molecule has 4 nitrogen and oxygen atoms in total. The molecule has 0 atom stereocenters. The number of benzene rings is 2. The lowest BCUT2D eigenvalue weighted by Crippen LogP contribution is -1.83. The lowest BCUT2D eigenvalue weighted by molar-refractivity contribution is 0.337. The number of hydrogen-bond donors (Lipinski definition) is 1. The van der Waals surface area contributed by atoms with E-state index < -0.39 is 0 Å². The van der Waals surface area contributed by atoms with Gasteiger partial charge in [-0.2, -0.15) is 0 Å². The van der Waals surface area contributed by atoms with Gasteiger partial charge in [0.25, 0.3) is 0 Å². The smallest absolute Gasteiger partial charge is 0.312 e. The second kappa shape index (κ2) is 6.11. The molecule has 0 spiro atoms. The zero-order chi connectivity index (χ0) is 15.5. The van der Waals surface area contributed by atoms with Crippen LogP contribution in [0.2, 0.25) is 0 Å². The Bertz CT molecular complexity index is 846. The molecule has 1 N–H and O–H groups in total. The highest BCUT2D eigenvalue weighted by molar-refractivity contribution is 9.10. The maximum absolute atomic E-state index is 13.1. The van der Waals surface area contributed by atoms with Gasteiger partial charge in [-0.15, -0.1) is 0 Å². The van der Waals surface area contributed by atoms with Crippen LogP contribution < -0.4 is 0 Å². The van der Waals surface area contributed by atoms with Crippen molar-refractivity contribution in [3.63, 3.8) is 0 Å². The van der Waals surface area contributed by atoms with Crippen LogP contribution in [0.5, 0.6) is 5.95 Å². The van der Waals surface area contributed by atoms with Crippen LogP contribution in [0, 0.1) is 5.82 Å². The molecule has 1 heterocycles. The highest BCUT2D eigenvalue weighted by atomic mass is 79.9. The number of hydrogen-bond acceptors (Lipinski definition) is 4. The molecule has 0 fully saturated rings. The van der Waals surface area contributed by atoms with Gasteiger partial charge in [0, 0.05) is 4.47 Å². The SMILES string of the molecule is Oc1oc(-c2ccccc2Br)nc1C=Nc1cccc(F)c1. The molecule has 1 aromatic heterocycles. The molecular weight excluding hydrogens is 351 g/mol. The number of rotatable bonds is 3.